The lowest BCUT2D eigenvalue weighted by atomic mass is 10.2. The first kappa shape index (κ1) is 12.4. The summed E-state index contributed by atoms with van der Waals surface area (Å²) in [6.07, 6.45) is 4.79. The van der Waals surface area contributed by atoms with Gasteiger partial charge in [0.05, 0.1) is 17.7 Å². The summed E-state index contributed by atoms with van der Waals surface area (Å²) in [6, 6.07) is 5.82. The van der Waals surface area contributed by atoms with Gasteiger partial charge in [0.2, 0.25) is 0 Å². The molecule has 6 nitrogen and oxygen atoms in total. The van der Waals surface area contributed by atoms with Crippen LogP contribution >= 0.6 is 12.4 Å². The van der Waals surface area contributed by atoms with Gasteiger partial charge < -0.3 is 5.73 Å². The molecule has 92 valence electrons. The normalized spacial score (nSPS) is 10.3. The van der Waals surface area contributed by atoms with E-state index in [1.165, 1.54) is 12.7 Å². The van der Waals surface area contributed by atoms with Crippen molar-refractivity contribution in [1.82, 2.24) is 24.7 Å². The first-order valence-corrected chi connectivity index (χ1v) is 5.17. The van der Waals surface area contributed by atoms with Crippen molar-refractivity contribution in [1.29, 1.82) is 0 Å². The van der Waals surface area contributed by atoms with Gasteiger partial charge in [-0.05, 0) is 18.2 Å². The van der Waals surface area contributed by atoms with Crippen LogP contribution in [-0.4, -0.2) is 24.7 Å². The number of fused-ring (bicyclic) bond motifs is 1. The monoisotopic (exact) mass is 262 g/mol. The van der Waals surface area contributed by atoms with Crippen molar-refractivity contribution in [3.8, 4) is 5.69 Å². The van der Waals surface area contributed by atoms with Crippen LogP contribution in [0.2, 0.25) is 0 Å². The van der Waals surface area contributed by atoms with E-state index in [9.17, 15) is 0 Å². The molecule has 0 fully saturated rings. The summed E-state index contributed by atoms with van der Waals surface area (Å²) in [5.41, 5.74) is 7.41. The molecule has 1 aromatic carbocycles. The fraction of sp³-hybridized carbons (Fsp3) is 0.0909. The molecule has 0 unspecified atom stereocenters. The van der Waals surface area contributed by atoms with Gasteiger partial charge in [-0.3, -0.25) is 0 Å². The maximum atomic E-state index is 5.60. The van der Waals surface area contributed by atoms with Crippen LogP contribution in [0.3, 0.4) is 0 Å². The van der Waals surface area contributed by atoms with Crippen LogP contribution in [0.5, 0.6) is 0 Å². The van der Waals surface area contributed by atoms with E-state index in [1.54, 1.807) is 10.9 Å². The van der Waals surface area contributed by atoms with E-state index >= 15 is 0 Å². The molecule has 2 aromatic heterocycles. The smallest absolute Gasteiger partial charge is 0.145 e. The molecule has 18 heavy (non-hydrogen) atoms. The lowest BCUT2D eigenvalue weighted by molar-refractivity contribution is 0.790. The average molecular weight is 263 g/mol. The topological polar surface area (TPSA) is 82.5 Å². The fourth-order valence-electron chi connectivity index (χ4n) is 1.72. The average Bonchev–Trinajstić information content (AvgIpc) is 2.86. The van der Waals surface area contributed by atoms with Gasteiger partial charge >= 0.3 is 0 Å². The first-order valence-electron chi connectivity index (χ1n) is 5.17. The summed E-state index contributed by atoms with van der Waals surface area (Å²) in [5.74, 6) is 0.723. The molecule has 0 atom stereocenters. The van der Waals surface area contributed by atoms with Gasteiger partial charge in [-0.1, -0.05) is 0 Å². The number of halogens is 1. The second-order valence-corrected chi connectivity index (χ2v) is 3.56. The summed E-state index contributed by atoms with van der Waals surface area (Å²) in [4.78, 5) is 12.2. The van der Waals surface area contributed by atoms with E-state index in [-0.39, 0.29) is 12.4 Å². The maximum absolute atomic E-state index is 5.60. The zero-order valence-corrected chi connectivity index (χ0v) is 10.2. The standard InChI is InChI=1S/C11H10N6.ClH/c12-4-11-15-7-16-17(11)9-1-2-10-8(3-9)5-13-6-14-10;/h1-3,5-7H,4,12H2;1H. The lowest BCUT2D eigenvalue weighted by Crippen LogP contribution is -2.07. The van der Waals surface area contributed by atoms with Crippen LogP contribution in [0, 0.1) is 0 Å². The molecule has 0 aliphatic carbocycles. The second kappa shape index (κ2) is 5.07. The third kappa shape index (κ3) is 2.03. The van der Waals surface area contributed by atoms with E-state index < -0.39 is 0 Å². The second-order valence-electron chi connectivity index (χ2n) is 3.56. The Morgan fingerprint density at radius 2 is 2.06 bits per heavy atom. The maximum Gasteiger partial charge on any atom is 0.145 e. The summed E-state index contributed by atoms with van der Waals surface area (Å²) in [5, 5.41) is 5.11. The van der Waals surface area contributed by atoms with Crippen molar-refractivity contribution < 1.29 is 0 Å². The molecule has 0 saturated heterocycles. The highest BCUT2D eigenvalue weighted by molar-refractivity contribution is 5.85. The van der Waals surface area contributed by atoms with Crippen molar-refractivity contribution in [3.63, 3.8) is 0 Å². The molecule has 3 aromatic rings. The Kier molecular flexibility index (Phi) is 3.50. The Hall–Kier alpha value is -2.05. The number of nitrogens with two attached hydrogens (primary N) is 1. The van der Waals surface area contributed by atoms with Gasteiger partial charge in [0.15, 0.2) is 0 Å². The molecule has 0 aliphatic heterocycles. The highest BCUT2D eigenvalue weighted by atomic mass is 35.5. The van der Waals surface area contributed by atoms with Crippen molar-refractivity contribution in [2.75, 3.05) is 0 Å². The molecular weight excluding hydrogens is 252 g/mol. The number of aromatic nitrogens is 5. The SMILES string of the molecule is Cl.NCc1ncnn1-c1ccc2ncncc2c1. The lowest BCUT2D eigenvalue weighted by Gasteiger charge is -2.05. The Morgan fingerprint density at radius 3 is 2.89 bits per heavy atom. The van der Waals surface area contributed by atoms with E-state index in [0.29, 0.717) is 6.54 Å². The van der Waals surface area contributed by atoms with Gasteiger partial charge in [0.25, 0.3) is 0 Å². The van der Waals surface area contributed by atoms with Crippen LogP contribution in [0.4, 0.5) is 0 Å². The Bertz CT molecular complexity index is 665. The highest BCUT2D eigenvalue weighted by Gasteiger charge is 2.05. The van der Waals surface area contributed by atoms with E-state index in [2.05, 4.69) is 20.1 Å². The van der Waals surface area contributed by atoms with Crippen LogP contribution < -0.4 is 5.73 Å². The minimum atomic E-state index is 0. The third-order valence-corrected chi connectivity index (χ3v) is 2.53. The Morgan fingerprint density at radius 1 is 1.17 bits per heavy atom. The predicted molar refractivity (Wildman–Crippen MR) is 69.6 cm³/mol. The van der Waals surface area contributed by atoms with Gasteiger partial charge in [0, 0.05) is 11.6 Å². The van der Waals surface area contributed by atoms with Crippen LogP contribution in [0.15, 0.2) is 37.1 Å². The molecular formula is C11H11ClN6. The third-order valence-electron chi connectivity index (χ3n) is 2.53. The highest BCUT2D eigenvalue weighted by Crippen LogP contribution is 2.15. The molecule has 0 spiro atoms. The van der Waals surface area contributed by atoms with Gasteiger partial charge in [-0.15, -0.1) is 12.4 Å². The molecule has 0 amide bonds. The summed E-state index contributed by atoms with van der Waals surface area (Å²) in [6.45, 7) is 0.351. The number of rotatable bonds is 2. The first-order chi connectivity index (χ1) is 8.38. The molecule has 0 bridgehead atoms. The van der Waals surface area contributed by atoms with Crippen molar-refractivity contribution in [3.05, 3.63) is 42.9 Å². The molecule has 0 aliphatic rings. The number of hydrogen-bond donors (Lipinski definition) is 1. The molecule has 7 heteroatoms. The largest absolute Gasteiger partial charge is 0.324 e. The minimum absolute atomic E-state index is 0. The van der Waals surface area contributed by atoms with Crippen molar-refractivity contribution in [2.45, 2.75) is 6.54 Å². The fourth-order valence-corrected chi connectivity index (χ4v) is 1.72. The van der Waals surface area contributed by atoms with Gasteiger partial charge in [0.1, 0.15) is 18.5 Å². The summed E-state index contributed by atoms with van der Waals surface area (Å²) >= 11 is 0. The predicted octanol–water partition coefficient (Wildman–Crippen LogP) is 1.09. The van der Waals surface area contributed by atoms with E-state index in [0.717, 1.165) is 22.4 Å². The molecule has 3 rings (SSSR count). The van der Waals surface area contributed by atoms with Gasteiger partial charge in [-0.2, -0.15) is 5.10 Å². The van der Waals surface area contributed by atoms with Crippen LogP contribution in [0.25, 0.3) is 16.6 Å². The molecule has 2 heterocycles. The molecule has 0 radical (unpaired) electrons. The van der Waals surface area contributed by atoms with Crippen molar-refractivity contribution in [2.24, 2.45) is 5.73 Å². The summed E-state index contributed by atoms with van der Waals surface area (Å²) < 4.78 is 1.71. The molecule has 2 N–H and O–H groups in total. The quantitative estimate of drug-likeness (QED) is 0.748. The van der Waals surface area contributed by atoms with Crippen LogP contribution in [0.1, 0.15) is 5.82 Å². The number of nitrogens with zero attached hydrogens (tertiary/aromatic N) is 5. The number of hydrogen-bond acceptors (Lipinski definition) is 5. The van der Waals surface area contributed by atoms with E-state index in [4.69, 9.17) is 5.73 Å². The Labute approximate surface area is 109 Å². The van der Waals surface area contributed by atoms with Crippen LogP contribution in [-0.2, 0) is 6.54 Å². The molecule has 0 saturated carbocycles. The van der Waals surface area contributed by atoms with Gasteiger partial charge in [-0.25, -0.2) is 19.6 Å². The van der Waals surface area contributed by atoms with Crippen molar-refractivity contribution >= 4 is 23.3 Å². The summed E-state index contributed by atoms with van der Waals surface area (Å²) in [7, 11) is 0. The Balaban J connectivity index is 0.00000120. The number of benzene rings is 1. The zero-order valence-electron chi connectivity index (χ0n) is 9.39. The van der Waals surface area contributed by atoms with E-state index in [1.807, 2.05) is 18.2 Å². The minimum Gasteiger partial charge on any atom is -0.324 e. The zero-order chi connectivity index (χ0) is 11.7.